The molecule has 0 unspecified atom stereocenters. The number of hydrogen-bond acceptors (Lipinski definition) is 3. The lowest BCUT2D eigenvalue weighted by molar-refractivity contribution is -0.127. The third kappa shape index (κ3) is 6.17. The molecule has 4 rings (SSSR count). The smallest absolute Gasteiger partial charge is 0.255 e. The number of carbonyl (C=O) groups is 2. The van der Waals surface area contributed by atoms with Gasteiger partial charge in [-0.1, -0.05) is 49.6 Å². The molecule has 1 saturated carbocycles. The molecule has 1 aliphatic heterocycles. The molecule has 1 aliphatic carbocycles. The van der Waals surface area contributed by atoms with E-state index in [4.69, 9.17) is 0 Å². The van der Waals surface area contributed by atoms with Crippen molar-refractivity contribution in [2.75, 3.05) is 18.4 Å². The zero-order valence-electron chi connectivity index (χ0n) is 18.2. The van der Waals surface area contributed by atoms with Crippen molar-refractivity contribution in [3.05, 3.63) is 65.7 Å². The molecular formula is C26H33N3O2. The van der Waals surface area contributed by atoms with Crippen LogP contribution in [0.25, 0.3) is 0 Å². The number of amides is 2. The van der Waals surface area contributed by atoms with Gasteiger partial charge in [0, 0.05) is 29.8 Å². The first kappa shape index (κ1) is 21.6. The van der Waals surface area contributed by atoms with E-state index in [1.807, 2.05) is 48.5 Å². The summed E-state index contributed by atoms with van der Waals surface area (Å²) in [7, 11) is 0. The Bertz CT molecular complexity index is 869. The van der Waals surface area contributed by atoms with Gasteiger partial charge < -0.3 is 10.6 Å². The summed E-state index contributed by atoms with van der Waals surface area (Å²) in [6.07, 6.45) is 7.92. The minimum atomic E-state index is -0.0949. The van der Waals surface area contributed by atoms with Crippen LogP contribution in [0.1, 0.15) is 60.9 Å². The van der Waals surface area contributed by atoms with Gasteiger partial charge in [0.25, 0.3) is 5.91 Å². The van der Waals surface area contributed by atoms with Gasteiger partial charge in [-0.2, -0.15) is 0 Å². The second-order valence-electron chi connectivity index (χ2n) is 8.91. The molecule has 2 fully saturated rings. The van der Waals surface area contributed by atoms with Crippen LogP contribution in [0.4, 0.5) is 5.69 Å². The van der Waals surface area contributed by atoms with Gasteiger partial charge in [0.1, 0.15) is 0 Å². The van der Waals surface area contributed by atoms with Gasteiger partial charge >= 0.3 is 0 Å². The van der Waals surface area contributed by atoms with Crippen molar-refractivity contribution < 1.29 is 9.59 Å². The summed E-state index contributed by atoms with van der Waals surface area (Å²) < 4.78 is 0. The third-order valence-electron chi connectivity index (χ3n) is 6.54. The molecule has 5 heteroatoms. The summed E-state index contributed by atoms with van der Waals surface area (Å²) in [6, 6.07) is 17.7. The van der Waals surface area contributed by atoms with Crippen molar-refractivity contribution >= 4 is 17.5 Å². The van der Waals surface area contributed by atoms with Crippen molar-refractivity contribution in [3.63, 3.8) is 0 Å². The first-order valence-electron chi connectivity index (χ1n) is 11.7. The number of likely N-dealkylation sites (tertiary alicyclic amines) is 1. The normalized spacial score (nSPS) is 18.5. The molecule has 0 radical (unpaired) electrons. The fourth-order valence-corrected chi connectivity index (χ4v) is 4.72. The third-order valence-corrected chi connectivity index (χ3v) is 6.54. The van der Waals surface area contributed by atoms with Crippen LogP contribution in [0.15, 0.2) is 54.6 Å². The van der Waals surface area contributed by atoms with Crippen molar-refractivity contribution in [2.24, 2.45) is 5.92 Å². The van der Waals surface area contributed by atoms with E-state index in [1.165, 1.54) is 24.8 Å². The van der Waals surface area contributed by atoms with E-state index in [-0.39, 0.29) is 17.7 Å². The highest BCUT2D eigenvalue weighted by atomic mass is 16.2. The zero-order chi connectivity index (χ0) is 21.5. The van der Waals surface area contributed by atoms with E-state index in [0.717, 1.165) is 51.0 Å². The number of nitrogens with zero attached hydrogens (tertiary/aromatic N) is 1. The predicted octanol–water partition coefficient (Wildman–Crippen LogP) is 4.60. The minimum Gasteiger partial charge on any atom is -0.353 e. The second kappa shape index (κ2) is 10.6. The van der Waals surface area contributed by atoms with E-state index >= 15 is 0 Å². The Balaban J connectivity index is 1.25. The SMILES string of the molecule is O=C(Nc1cccc(CN2CCC(C(=O)NC3CCCCC3)CC2)c1)c1ccccc1. The molecule has 2 aromatic rings. The van der Waals surface area contributed by atoms with Gasteiger partial charge in [-0.3, -0.25) is 14.5 Å². The molecule has 0 aromatic heterocycles. The number of anilines is 1. The van der Waals surface area contributed by atoms with E-state index in [9.17, 15) is 9.59 Å². The lowest BCUT2D eigenvalue weighted by Crippen LogP contribution is -2.44. The maximum atomic E-state index is 12.6. The Morgan fingerprint density at radius 3 is 2.35 bits per heavy atom. The first-order valence-corrected chi connectivity index (χ1v) is 11.7. The topological polar surface area (TPSA) is 61.4 Å². The summed E-state index contributed by atoms with van der Waals surface area (Å²) in [6.45, 7) is 2.71. The number of rotatable bonds is 6. The minimum absolute atomic E-state index is 0.0949. The largest absolute Gasteiger partial charge is 0.353 e. The van der Waals surface area contributed by atoms with Crippen LogP contribution in [0.3, 0.4) is 0 Å². The van der Waals surface area contributed by atoms with Crippen molar-refractivity contribution in [2.45, 2.75) is 57.5 Å². The molecule has 164 valence electrons. The standard InChI is InChI=1S/C26H33N3O2/c30-25(21-9-3-1-4-10-21)28-24-13-7-8-20(18-24)19-29-16-14-22(15-17-29)26(31)27-23-11-5-2-6-12-23/h1,3-4,7-10,13,18,22-23H,2,5-6,11-12,14-17,19H2,(H,27,31)(H,28,30). The second-order valence-corrected chi connectivity index (χ2v) is 8.91. The number of carbonyl (C=O) groups excluding carboxylic acids is 2. The van der Waals surface area contributed by atoms with Gasteiger partial charge in [0.05, 0.1) is 0 Å². The van der Waals surface area contributed by atoms with Gasteiger partial charge in [0.15, 0.2) is 0 Å². The van der Waals surface area contributed by atoms with Gasteiger partial charge in [-0.25, -0.2) is 0 Å². The molecule has 31 heavy (non-hydrogen) atoms. The van der Waals surface area contributed by atoms with Crippen LogP contribution in [-0.2, 0) is 11.3 Å². The van der Waals surface area contributed by atoms with Gasteiger partial charge in [-0.15, -0.1) is 0 Å². The Kier molecular flexibility index (Phi) is 7.36. The molecular weight excluding hydrogens is 386 g/mol. The Hall–Kier alpha value is -2.66. The summed E-state index contributed by atoms with van der Waals surface area (Å²) in [5.41, 5.74) is 2.64. The maximum absolute atomic E-state index is 12.6. The quantitative estimate of drug-likeness (QED) is 0.719. The molecule has 0 atom stereocenters. The van der Waals surface area contributed by atoms with Crippen molar-refractivity contribution in [1.29, 1.82) is 0 Å². The van der Waals surface area contributed by atoms with E-state index in [0.29, 0.717) is 11.6 Å². The number of benzene rings is 2. The molecule has 1 saturated heterocycles. The number of piperidine rings is 1. The van der Waals surface area contributed by atoms with E-state index in [2.05, 4.69) is 21.6 Å². The zero-order valence-corrected chi connectivity index (χ0v) is 18.2. The Morgan fingerprint density at radius 1 is 0.871 bits per heavy atom. The fraction of sp³-hybridized carbons (Fsp3) is 0.462. The molecule has 2 aromatic carbocycles. The summed E-state index contributed by atoms with van der Waals surface area (Å²) >= 11 is 0. The maximum Gasteiger partial charge on any atom is 0.255 e. The van der Waals surface area contributed by atoms with Crippen molar-refractivity contribution in [1.82, 2.24) is 10.2 Å². The predicted molar refractivity (Wildman–Crippen MR) is 124 cm³/mol. The highest BCUT2D eigenvalue weighted by Crippen LogP contribution is 2.23. The summed E-state index contributed by atoms with van der Waals surface area (Å²) in [5, 5.41) is 6.28. The van der Waals surface area contributed by atoms with Crippen LogP contribution in [-0.4, -0.2) is 35.8 Å². The summed E-state index contributed by atoms with van der Waals surface area (Å²) in [5.74, 6) is 0.314. The first-order chi connectivity index (χ1) is 15.2. The van der Waals surface area contributed by atoms with Gasteiger partial charge in [0.2, 0.25) is 5.91 Å². The molecule has 5 nitrogen and oxygen atoms in total. The summed E-state index contributed by atoms with van der Waals surface area (Å²) in [4.78, 5) is 27.4. The lowest BCUT2D eigenvalue weighted by atomic mass is 9.92. The lowest BCUT2D eigenvalue weighted by Gasteiger charge is -2.32. The molecule has 0 spiro atoms. The fourth-order valence-electron chi connectivity index (χ4n) is 4.72. The highest BCUT2D eigenvalue weighted by molar-refractivity contribution is 6.04. The molecule has 1 heterocycles. The average Bonchev–Trinajstić information content (AvgIpc) is 2.81. The molecule has 2 aliphatic rings. The molecule has 2 amide bonds. The van der Waals surface area contributed by atoms with Crippen LogP contribution in [0.5, 0.6) is 0 Å². The Labute approximate surface area is 185 Å². The highest BCUT2D eigenvalue weighted by Gasteiger charge is 2.27. The van der Waals surface area contributed by atoms with Crippen LogP contribution >= 0.6 is 0 Å². The van der Waals surface area contributed by atoms with Crippen LogP contribution in [0.2, 0.25) is 0 Å². The number of hydrogen-bond donors (Lipinski definition) is 2. The monoisotopic (exact) mass is 419 g/mol. The van der Waals surface area contributed by atoms with Crippen LogP contribution < -0.4 is 10.6 Å². The van der Waals surface area contributed by atoms with E-state index < -0.39 is 0 Å². The average molecular weight is 420 g/mol. The molecule has 0 bridgehead atoms. The van der Waals surface area contributed by atoms with Crippen molar-refractivity contribution in [3.8, 4) is 0 Å². The van der Waals surface area contributed by atoms with Crippen LogP contribution in [0, 0.1) is 5.92 Å². The van der Waals surface area contributed by atoms with Gasteiger partial charge in [-0.05, 0) is 68.6 Å². The Morgan fingerprint density at radius 2 is 1.61 bits per heavy atom. The van der Waals surface area contributed by atoms with E-state index in [1.54, 1.807) is 0 Å². The molecule has 2 N–H and O–H groups in total. The number of nitrogens with one attached hydrogen (secondary N) is 2.